The number of alkyl halides is 1. The summed E-state index contributed by atoms with van der Waals surface area (Å²) in [5.74, 6) is 0. The van der Waals surface area contributed by atoms with Crippen LogP contribution < -0.4 is 0 Å². The highest BCUT2D eigenvalue weighted by Crippen LogP contribution is 2.36. The van der Waals surface area contributed by atoms with Gasteiger partial charge in [-0.2, -0.15) is 4.31 Å². The minimum absolute atomic E-state index is 0.191. The number of hydrogen-bond acceptors (Lipinski definition) is 2. The molecule has 1 atom stereocenters. The summed E-state index contributed by atoms with van der Waals surface area (Å²) in [6.07, 6.45) is 1.59. The molecule has 3 nitrogen and oxygen atoms in total. The van der Waals surface area contributed by atoms with Gasteiger partial charge in [0.25, 0.3) is 0 Å². The number of benzene rings is 1. The highest BCUT2D eigenvalue weighted by Gasteiger charge is 2.34. The van der Waals surface area contributed by atoms with Crippen LogP contribution in [0.2, 0.25) is 10.0 Å². The molecule has 0 aliphatic carbocycles. The molecule has 0 radical (unpaired) electrons. The van der Waals surface area contributed by atoms with Crippen LogP contribution >= 0.6 is 34.8 Å². The predicted molar refractivity (Wildman–Crippen MR) is 74.8 cm³/mol. The van der Waals surface area contributed by atoms with Crippen molar-refractivity contribution in [3.05, 3.63) is 33.8 Å². The number of sulfonamides is 1. The summed E-state index contributed by atoms with van der Waals surface area (Å²) in [4.78, 5) is 0. The van der Waals surface area contributed by atoms with Gasteiger partial charge >= 0.3 is 0 Å². The van der Waals surface area contributed by atoms with Crippen molar-refractivity contribution in [1.29, 1.82) is 0 Å². The molecule has 1 saturated heterocycles. The molecule has 1 aromatic carbocycles. The van der Waals surface area contributed by atoms with E-state index in [2.05, 4.69) is 0 Å². The maximum atomic E-state index is 11.9. The molecular formula is C11H12Cl3NO2S. The molecule has 0 aromatic heterocycles. The number of halogens is 3. The van der Waals surface area contributed by atoms with Crippen molar-refractivity contribution in [2.45, 2.75) is 18.9 Å². The lowest BCUT2D eigenvalue weighted by Crippen LogP contribution is -2.31. The van der Waals surface area contributed by atoms with Gasteiger partial charge in [0.2, 0.25) is 10.0 Å². The van der Waals surface area contributed by atoms with Gasteiger partial charge in [-0.3, -0.25) is 0 Å². The fourth-order valence-corrected chi connectivity index (χ4v) is 4.02. The Morgan fingerprint density at radius 3 is 2.61 bits per heavy atom. The standard InChI is InChI=1S/C11H12Cl3NO2S/c12-7-18(16,17)15-5-1-2-11(15)8-3-4-9(13)10(14)6-8/h3-4,6,11H,1-2,5,7H2. The molecule has 7 heteroatoms. The van der Waals surface area contributed by atoms with Crippen LogP contribution in [0.1, 0.15) is 24.4 Å². The van der Waals surface area contributed by atoms with E-state index in [1.165, 1.54) is 4.31 Å². The lowest BCUT2D eigenvalue weighted by atomic mass is 10.1. The van der Waals surface area contributed by atoms with Crippen molar-refractivity contribution in [1.82, 2.24) is 4.31 Å². The highest BCUT2D eigenvalue weighted by atomic mass is 35.5. The molecule has 100 valence electrons. The first-order valence-corrected chi connectivity index (χ1v) is 8.36. The third kappa shape index (κ3) is 2.78. The summed E-state index contributed by atoms with van der Waals surface area (Å²) in [5.41, 5.74) is 0.857. The maximum Gasteiger partial charge on any atom is 0.228 e. The molecule has 0 spiro atoms. The normalized spacial score (nSPS) is 21.4. The van der Waals surface area contributed by atoms with Gasteiger partial charge in [0.1, 0.15) is 5.21 Å². The zero-order chi connectivity index (χ0) is 13.3. The minimum Gasteiger partial charge on any atom is -0.211 e. The Hall–Kier alpha value is -0.000000000000000111. The first-order chi connectivity index (χ1) is 8.45. The van der Waals surface area contributed by atoms with Gasteiger partial charge < -0.3 is 0 Å². The number of hydrogen-bond donors (Lipinski definition) is 0. The number of rotatable bonds is 3. The summed E-state index contributed by atoms with van der Waals surface area (Å²) < 4.78 is 25.2. The maximum absolute atomic E-state index is 11.9. The second-order valence-electron chi connectivity index (χ2n) is 4.16. The third-order valence-electron chi connectivity index (χ3n) is 3.03. The Kier molecular flexibility index (Phi) is 4.44. The summed E-state index contributed by atoms with van der Waals surface area (Å²) in [6.45, 7) is 0.500. The van der Waals surface area contributed by atoms with Gasteiger partial charge in [0.05, 0.1) is 10.0 Å². The summed E-state index contributed by atoms with van der Waals surface area (Å²) >= 11 is 17.3. The van der Waals surface area contributed by atoms with Gasteiger partial charge in [-0.1, -0.05) is 29.3 Å². The monoisotopic (exact) mass is 327 g/mol. The van der Waals surface area contributed by atoms with E-state index in [0.29, 0.717) is 16.6 Å². The molecule has 0 saturated carbocycles. The lowest BCUT2D eigenvalue weighted by Gasteiger charge is -2.23. The Morgan fingerprint density at radius 1 is 1.28 bits per heavy atom. The topological polar surface area (TPSA) is 37.4 Å². The molecule has 2 rings (SSSR count). The SMILES string of the molecule is O=S(=O)(CCl)N1CCCC1c1ccc(Cl)c(Cl)c1. The second kappa shape index (κ2) is 5.55. The molecule has 1 aliphatic rings. The van der Waals surface area contributed by atoms with E-state index in [-0.39, 0.29) is 6.04 Å². The average molecular weight is 329 g/mol. The molecule has 1 aromatic rings. The molecule has 1 aliphatic heterocycles. The Morgan fingerprint density at radius 2 is 2.00 bits per heavy atom. The van der Waals surface area contributed by atoms with Crippen LogP contribution in [0.4, 0.5) is 0 Å². The van der Waals surface area contributed by atoms with Crippen molar-refractivity contribution in [2.24, 2.45) is 0 Å². The average Bonchev–Trinajstić information content (AvgIpc) is 2.82. The van der Waals surface area contributed by atoms with Crippen LogP contribution in [0.5, 0.6) is 0 Å². The van der Waals surface area contributed by atoms with E-state index in [4.69, 9.17) is 34.8 Å². The zero-order valence-electron chi connectivity index (χ0n) is 9.44. The van der Waals surface area contributed by atoms with Crippen molar-refractivity contribution < 1.29 is 8.42 Å². The van der Waals surface area contributed by atoms with Crippen LogP contribution in [0.25, 0.3) is 0 Å². The van der Waals surface area contributed by atoms with Crippen molar-refractivity contribution in [3.63, 3.8) is 0 Å². The van der Waals surface area contributed by atoms with E-state index < -0.39 is 15.2 Å². The van der Waals surface area contributed by atoms with Crippen LogP contribution in [0.3, 0.4) is 0 Å². The summed E-state index contributed by atoms with van der Waals surface area (Å²) in [7, 11) is -3.40. The third-order valence-corrected chi connectivity index (χ3v) is 6.02. The molecule has 1 heterocycles. The minimum atomic E-state index is -3.40. The van der Waals surface area contributed by atoms with Gasteiger partial charge in [-0.05, 0) is 30.5 Å². The lowest BCUT2D eigenvalue weighted by molar-refractivity contribution is 0.399. The molecule has 0 bridgehead atoms. The molecule has 1 fully saturated rings. The molecular weight excluding hydrogens is 317 g/mol. The van der Waals surface area contributed by atoms with Gasteiger partial charge in [-0.15, -0.1) is 11.6 Å². The largest absolute Gasteiger partial charge is 0.228 e. The van der Waals surface area contributed by atoms with Crippen LogP contribution in [-0.4, -0.2) is 24.5 Å². The van der Waals surface area contributed by atoms with Crippen molar-refractivity contribution in [2.75, 3.05) is 11.8 Å². The van der Waals surface area contributed by atoms with Gasteiger partial charge in [0.15, 0.2) is 0 Å². The Balaban J connectivity index is 2.35. The quantitative estimate of drug-likeness (QED) is 0.794. The van der Waals surface area contributed by atoms with E-state index in [0.717, 1.165) is 18.4 Å². The van der Waals surface area contributed by atoms with E-state index in [1.54, 1.807) is 18.2 Å². The molecule has 18 heavy (non-hydrogen) atoms. The van der Waals surface area contributed by atoms with Gasteiger partial charge in [0, 0.05) is 12.6 Å². The second-order valence-corrected chi connectivity index (χ2v) is 7.48. The van der Waals surface area contributed by atoms with Crippen LogP contribution in [0, 0.1) is 0 Å². The fourth-order valence-electron chi connectivity index (χ4n) is 2.19. The molecule has 0 amide bonds. The van der Waals surface area contributed by atoms with E-state index in [9.17, 15) is 8.42 Å². The fraction of sp³-hybridized carbons (Fsp3) is 0.455. The first kappa shape index (κ1) is 14.4. The van der Waals surface area contributed by atoms with E-state index >= 15 is 0 Å². The van der Waals surface area contributed by atoms with Crippen LogP contribution in [0.15, 0.2) is 18.2 Å². The van der Waals surface area contributed by atoms with Crippen molar-refractivity contribution >= 4 is 44.8 Å². The number of nitrogens with zero attached hydrogens (tertiary/aromatic N) is 1. The predicted octanol–water partition coefficient (Wildman–Crippen LogP) is 3.66. The molecule has 0 N–H and O–H groups in total. The summed E-state index contributed by atoms with van der Waals surface area (Å²) in [6, 6.07) is 5.02. The first-order valence-electron chi connectivity index (χ1n) is 5.46. The Labute approximate surface area is 122 Å². The zero-order valence-corrected chi connectivity index (χ0v) is 12.5. The van der Waals surface area contributed by atoms with E-state index in [1.807, 2.05) is 0 Å². The summed E-state index contributed by atoms with van der Waals surface area (Å²) in [5, 5.41) is 0.500. The van der Waals surface area contributed by atoms with Crippen molar-refractivity contribution in [3.8, 4) is 0 Å². The van der Waals surface area contributed by atoms with Crippen LogP contribution in [-0.2, 0) is 10.0 Å². The molecule has 1 unspecified atom stereocenters. The van der Waals surface area contributed by atoms with Gasteiger partial charge in [-0.25, -0.2) is 8.42 Å². The smallest absolute Gasteiger partial charge is 0.211 e. The highest BCUT2D eigenvalue weighted by molar-refractivity contribution is 7.90. The Bertz CT molecular complexity index is 547.